The molecule has 0 saturated carbocycles. The second-order valence-electron chi connectivity index (χ2n) is 6.70. The summed E-state index contributed by atoms with van der Waals surface area (Å²) in [5.74, 6) is 1.97. The largest absolute Gasteiger partial charge is 0.508 e. The lowest BCUT2D eigenvalue weighted by atomic mass is 10.1. The minimum atomic E-state index is -0.405. The topological polar surface area (TPSA) is 65.0 Å². The number of ether oxygens (including phenoxy) is 3. The van der Waals surface area contributed by atoms with Crippen LogP contribution in [0.1, 0.15) is 5.56 Å². The number of carbonyl (C=O) groups excluding carboxylic acids is 1. The van der Waals surface area contributed by atoms with Crippen molar-refractivity contribution in [2.24, 2.45) is 0 Å². The Morgan fingerprint density at radius 3 is 2.32 bits per heavy atom. The number of aromatic hydroxyl groups is 1. The average Bonchev–Trinajstić information content (AvgIpc) is 3.15. The molecule has 5 nitrogen and oxygen atoms in total. The summed E-state index contributed by atoms with van der Waals surface area (Å²) >= 11 is 1.55. The minimum absolute atomic E-state index is 0.211. The maximum atomic E-state index is 11.3. The maximum Gasteiger partial charge on any atom is 0.330 e. The van der Waals surface area contributed by atoms with Gasteiger partial charge in [-0.15, -0.1) is 11.3 Å². The van der Waals surface area contributed by atoms with Crippen LogP contribution in [0.4, 0.5) is 0 Å². The molecule has 0 fully saturated rings. The van der Waals surface area contributed by atoms with Crippen molar-refractivity contribution < 1.29 is 24.1 Å². The summed E-state index contributed by atoms with van der Waals surface area (Å²) in [5, 5.41) is 10.8. The highest BCUT2D eigenvalue weighted by Gasteiger charge is 2.17. The molecule has 31 heavy (non-hydrogen) atoms. The summed E-state index contributed by atoms with van der Waals surface area (Å²) in [5.41, 5.74) is 1.85. The number of hydrogen-bond acceptors (Lipinski definition) is 6. The highest BCUT2D eigenvalue weighted by Crippen LogP contribution is 2.47. The van der Waals surface area contributed by atoms with Crippen molar-refractivity contribution in [2.45, 2.75) is 0 Å². The van der Waals surface area contributed by atoms with Gasteiger partial charge in [-0.25, -0.2) is 4.79 Å². The zero-order valence-electron chi connectivity index (χ0n) is 17.0. The molecule has 0 saturated heterocycles. The van der Waals surface area contributed by atoms with E-state index in [4.69, 9.17) is 9.47 Å². The first-order valence-corrected chi connectivity index (χ1v) is 10.3. The van der Waals surface area contributed by atoms with Crippen LogP contribution in [0.3, 0.4) is 0 Å². The highest BCUT2D eigenvalue weighted by atomic mass is 32.1. The van der Waals surface area contributed by atoms with Gasteiger partial charge in [0.15, 0.2) is 5.75 Å². The van der Waals surface area contributed by atoms with Gasteiger partial charge < -0.3 is 19.3 Å². The molecule has 0 radical (unpaired) electrons. The van der Waals surface area contributed by atoms with Gasteiger partial charge in [0.2, 0.25) is 0 Å². The molecule has 3 aromatic carbocycles. The first kappa shape index (κ1) is 20.5. The van der Waals surface area contributed by atoms with Crippen molar-refractivity contribution in [3.05, 3.63) is 78.4 Å². The van der Waals surface area contributed by atoms with Crippen molar-refractivity contribution in [2.75, 3.05) is 14.2 Å². The van der Waals surface area contributed by atoms with Gasteiger partial charge >= 0.3 is 5.97 Å². The zero-order chi connectivity index (χ0) is 21.8. The molecule has 0 atom stereocenters. The number of fused-ring (bicyclic) bond motifs is 1. The van der Waals surface area contributed by atoms with Gasteiger partial charge in [-0.05, 0) is 71.8 Å². The van der Waals surface area contributed by atoms with E-state index < -0.39 is 5.97 Å². The van der Waals surface area contributed by atoms with E-state index in [-0.39, 0.29) is 5.75 Å². The normalized spacial score (nSPS) is 11.0. The lowest BCUT2D eigenvalue weighted by Gasteiger charge is -2.09. The van der Waals surface area contributed by atoms with Gasteiger partial charge in [-0.1, -0.05) is 12.1 Å². The first-order valence-electron chi connectivity index (χ1n) is 9.51. The fraction of sp³-hybridized carbons (Fsp3) is 0.0800. The van der Waals surface area contributed by atoms with Crippen LogP contribution in [0.2, 0.25) is 0 Å². The van der Waals surface area contributed by atoms with Gasteiger partial charge in [-0.3, -0.25) is 0 Å². The van der Waals surface area contributed by atoms with Crippen molar-refractivity contribution in [1.29, 1.82) is 0 Å². The lowest BCUT2D eigenvalue weighted by Crippen LogP contribution is -1.93. The van der Waals surface area contributed by atoms with Gasteiger partial charge in [0.05, 0.1) is 19.1 Å². The van der Waals surface area contributed by atoms with Gasteiger partial charge in [0.25, 0.3) is 0 Å². The van der Waals surface area contributed by atoms with E-state index in [1.54, 1.807) is 36.7 Å². The molecule has 0 bridgehead atoms. The molecule has 4 aromatic rings. The number of carbonyl (C=O) groups is 1. The Kier molecular flexibility index (Phi) is 5.91. The van der Waals surface area contributed by atoms with E-state index in [1.165, 1.54) is 13.2 Å². The molecule has 0 aliphatic carbocycles. The molecule has 0 spiro atoms. The molecule has 0 amide bonds. The van der Waals surface area contributed by atoms with E-state index in [0.717, 1.165) is 37.6 Å². The predicted molar refractivity (Wildman–Crippen MR) is 123 cm³/mol. The molecule has 0 aliphatic heterocycles. The molecule has 0 aliphatic rings. The van der Waals surface area contributed by atoms with Crippen molar-refractivity contribution >= 4 is 33.5 Å². The van der Waals surface area contributed by atoms with Crippen LogP contribution in [-0.4, -0.2) is 25.3 Å². The van der Waals surface area contributed by atoms with Crippen LogP contribution in [0, 0.1) is 0 Å². The predicted octanol–water partition coefficient (Wildman–Crippen LogP) is 6.26. The molecule has 6 heteroatoms. The van der Waals surface area contributed by atoms with Crippen molar-refractivity contribution in [1.82, 2.24) is 0 Å². The van der Waals surface area contributed by atoms with Crippen LogP contribution in [0.5, 0.6) is 23.0 Å². The number of phenols is 1. The summed E-state index contributed by atoms with van der Waals surface area (Å²) in [6, 6.07) is 20.4. The average molecular weight is 432 g/mol. The first-order chi connectivity index (χ1) is 15.1. The Bertz CT molecular complexity index is 1240. The maximum absolute atomic E-state index is 11.3. The van der Waals surface area contributed by atoms with Crippen LogP contribution in [-0.2, 0) is 9.53 Å². The van der Waals surface area contributed by atoms with E-state index in [2.05, 4.69) is 4.74 Å². The second kappa shape index (κ2) is 8.93. The number of benzene rings is 3. The van der Waals surface area contributed by atoms with Crippen LogP contribution < -0.4 is 9.47 Å². The highest BCUT2D eigenvalue weighted by molar-refractivity contribution is 7.22. The minimum Gasteiger partial charge on any atom is -0.508 e. The fourth-order valence-electron chi connectivity index (χ4n) is 3.09. The third kappa shape index (κ3) is 4.54. The Hall–Kier alpha value is -3.77. The van der Waals surface area contributed by atoms with Crippen LogP contribution in [0.15, 0.2) is 72.8 Å². The zero-order valence-corrected chi connectivity index (χ0v) is 17.8. The van der Waals surface area contributed by atoms with Gasteiger partial charge in [0.1, 0.15) is 17.2 Å². The van der Waals surface area contributed by atoms with Crippen molar-refractivity contribution in [3.63, 3.8) is 0 Å². The lowest BCUT2D eigenvalue weighted by molar-refractivity contribution is -0.134. The Labute approximate surface area is 183 Å². The molecule has 1 N–H and O–H groups in total. The Morgan fingerprint density at radius 1 is 0.935 bits per heavy atom. The molecular formula is C25H20O5S. The molecule has 1 aromatic heterocycles. The quantitative estimate of drug-likeness (QED) is 0.288. The summed E-state index contributed by atoms with van der Waals surface area (Å²) < 4.78 is 17.1. The number of rotatable bonds is 6. The molecular weight excluding hydrogens is 412 g/mol. The van der Waals surface area contributed by atoms with Crippen LogP contribution in [0.25, 0.3) is 26.6 Å². The van der Waals surface area contributed by atoms with E-state index in [0.29, 0.717) is 5.75 Å². The van der Waals surface area contributed by atoms with E-state index >= 15 is 0 Å². The third-order valence-corrected chi connectivity index (χ3v) is 5.88. The molecule has 4 rings (SSSR count). The number of esters is 1. The second-order valence-corrected chi connectivity index (χ2v) is 7.75. The smallest absolute Gasteiger partial charge is 0.330 e. The SMILES string of the molecule is COC(=O)C=Cc1ccc(Oc2c(-c3ccc(OC)cc3)sc3cc(O)ccc23)cc1. The number of thiophene rings is 1. The number of methoxy groups -OCH3 is 2. The molecule has 1 heterocycles. The van der Waals surface area contributed by atoms with E-state index in [1.807, 2.05) is 54.6 Å². The number of phenolic OH excluding ortho intramolecular Hbond substituents is 1. The number of hydrogen-bond donors (Lipinski definition) is 1. The third-order valence-electron chi connectivity index (χ3n) is 4.69. The molecule has 156 valence electrons. The van der Waals surface area contributed by atoms with Gasteiger partial charge in [-0.2, -0.15) is 0 Å². The van der Waals surface area contributed by atoms with Crippen LogP contribution >= 0.6 is 11.3 Å². The van der Waals surface area contributed by atoms with E-state index in [9.17, 15) is 9.90 Å². The summed E-state index contributed by atoms with van der Waals surface area (Å²) in [6.07, 6.45) is 3.05. The fourth-order valence-corrected chi connectivity index (χ4v) is 4.26. The standard InChI is InChI=1S/C25H20O5S/c1-28-19-11-6-17(7-12-19)25-24(21-13-8-18(26)15-22(21)31-25)30-20-9-3-16(4-10-20)5-14-23(27)29-2/h3-15,26H,1-2H3. The Morgan fingerprint density at radius 2 is 1.65 bits per heavy atom. The Balaban J connectivity index is 1.70. The summed E-state index contributed by atoms with van der Waals surface area (Å²) in [6.45, 7) is 0. The molecule has 0 unspecified atom stereocenters. The summed E-state index contributed by atoms with van der Waals surface area (Å²) in [7, 11) is 2.98. The van der Waals surface area contributed by atoms with Gasteiger partial charge in [0, 0.05) is 16.2 Å². The summed E-state index contributed by atoms with van der Waals surface area (Å²) in [4.78, 5) is 12.2. The van der Waals surface area contributed by atoms with Crippen molar-refractivity contribution in [3.8, 4) is 33.4 Å². The monoisotopic (exact) mass is 432 g/mol.